The number of benzene rings is 2. The first-order chi connectivity index (χ1) is 15.3. The van der Waals surface area contributed by atoms with Gasteiger partial charge in [0.15, 0.2) is 11.5 Å². The Morgan fingerprint density at radius 2 is 2.00 bits per heavy atom. The van der Waals surface area contributed by atoms with Gasteiger partial charge in [0.1, 0.15) is 18.8 Å². The van der Waals surface area contributed by atoms with Gasteiger partial charge in [0.05, 0.1) is 13.2 Å². The fourth-order valence-electron chi connectivity index (χ4n) is 5.02. The maximum absolute atomic E-state index is 12.2. The predicted octanol–water partition coefficient (Wildman–Crippen LogP) is 2.04. The number of hydrogen-bond acceptors (Lipinski definition) is 6. The van der Waals surface area contributed by atoms with Crippen LogP contribution < -0.4 is 9.47 Å². The molecule has 1 fully saturated rings. The lowest BCUT2D eigenvalue weighted by molar-refractivity contribution is -0.133. The molecule has 7 heteroatoms. The van der Waals surface area contributed by atoms with Crippen molar-refractivity contribution in [3.63, 3.8) is 0 Å². The highest BCUT2D eigenvalue weighted by Gasteiger charge is 2.48. The van der Waals surface area contributed by atoms with E-state index in [2.05, 4.69) is 0 Å². The van der Waals surface area contributed by atoms with E-state index in [1.807, 2.05) is 49.4 Å². The number of rotatable bonds is 6. The Morgan fingerprint density at radius 3 is 2.66 bits per heavy atom. The molecule has 1 aliphatic heterocycles. The number of likely N-dealkylation sites (tertiary alicyclic amines) is 1. The van der Waals surface area contributed by atoms with Gasteiger partial charge in [-0.2, -0.15) is 0 Å². The van der Waals surface area contributed by atoms with Crippen LogP contribution in [0.3, 0.4) is 0 Å². The number of aliphatic hydroxyl groups is 3. The van der Waals surface area contributed by atoms with Crippen LogP contribution in [0.4, 0.5) is 0 Å². The fourth-order valence-corrected chi connectivity index (χ4v) is 5.02. The van der Waals surface area contributed by atoms with Crippen LogP contribution in [-0.2, 0) is 11.2 Å². The lowest BCUT2D eigenvalue weighted by Crippen LogP contribution is -2.38. The SMILES string of the molecule is COc1ccc(C2CN(C(=O)CO)CC2(C)C(C)O)cc1OC1Cc2ccccc2C1O. The molecule has 2 aromatic carbocycles. The van der Waals surface area contributed by atoms with Crippen LogP contribution in [0.25, 0.3) is 0 Å². The molecule has 0 spiro atoms. The van der Waals surface area contributed by atoms with Crippen molar-refractivity contribution in [1.82, 2.24) is 4.90 Å². The topological polar surface area (TPSA) is 99.5 Å². The second kappa shape index (κ2) is 8.73. The van der Waals surface area contributed by atoms with E-state index in [0.717, 1.165) is 16.7 Å². The molecule has 5 atom stereocenters. The second-order valence-electron chi connectivity index (χ2n) is 9.08. The van der Waals surface area contributed by atoms with Crippen molar-refractivity contribution in [3.05, 3.63) is 59.2 Å². The first-order valence-corrected chi connectivity index (χ1v) is 11.0. The summed E-state index contributed by atoms with van der Waals surface area (Å²) in [5, 5.41) is 30.6. The van der Waals surface area contributed by atoms with Gasteiger partial charge in [-0.3, -0.25) is 4.79 Å². The summed E-state index contributed by atoms with van der Waals surface area (Å²) in [4.78, 5) is 13.8. The first-order valence-electron chi connectivity index (χ1n) is 11.0. The van der Waals surface area contributed by atoms with E-state index >= 15 is 0 Å². The number of fused-ring (bicyclic) bond motifs is 1. The van der Waals surface area contributed by atoms with Gasteiger partial charge in [-0.1, -0.05) is 37.3 Å². The van der Waals surface area contributed by atoms with Crippen LogP contribution in [0, 0.1) is 5.41 Å². The molecule has 2 aliphatic rings. The van der Waals surface area contributed by atoms with Gasteiger partial charge in [-0.25, -0.2) is 0 Å². The van der Waals surface area contributed by atoms with Gasteiger partial charge < -0.3 is 29.7 Å². The van der Waals surface area contributed by atoms with Crippen LogP contribution >= 0.6 is 0 Å². The molecule has 0 radical (unpaired) electrons. The lowest BCUT2D eigenvalue weighted by Gasteiger charge is -2.34. The Kier molecular flexibility index (Phi) is 6.16. The molecule has 0 bridgehead atoms. The van der Waals surface area contributed by atoms with Crippen molar-refractivity contribution in [2.45, 2.75) is 44.5 Å². The molecule has 1 saturated heterocycles. The second-order valence-corrected chi connectivity index (χ2v) is 9.08. The van der Waals surface area contributed by atoms with E-state index in [9.17, 15) is 20.1 Å². The van der Waals surface area contributed by atoms with Gasteiger partial charge in [-0.15, -0.1) is 0 Å². The quantitative estimate of drug-likeness (QED) is 0.635. The maximum Gasteiger partial charge on any atom is 0.248 e. The highest BCUT2D eigenvalue weighted by atomic mass is 16.5. The molecule has 172 valence electrons. The van der Waals surface area contributed by atoms with Gasteiger partial charge in [0, 0.05) is 30.8 Å². The number of aliphatic hydroxyl groups excluding tert-OH is 3. The summed E-state index contributed by atoms with van der Waals surface area (Å²) in [5.41, 5.74) is 2.27. The average Bonchev–Trinajstić information content (AvgIpc) is 3.31. The number of ether oxygens (including phenoxy) is 2. The third-order valence-corrected chi connectivity index (χ3v) is 7.19. The molecule has 5 unspecified atom stereocenters. The fraction of sp³-hybridized carbons (Fsp3) is 0.480. The zero-order chi connectivity index (χ0) is 23.0. The van der Waals surface area contributed by atoms with E-state index in [1.165, 1.54) is 0 Å². The molecule has 3 N–H and O–H groups in total. The highest BCUT2D eigenvalue weighted by Crippen LogP contribution is 2.47. The van der Waals surface area contributed by atoms with Crippen molar-refractivity contribution < 1.29 is 29.6 Å². The minimum absolute atomic E-state index is 0.156. The van der Waals surface area contributed by atoms with Crippen molar-refractivity contribution in [1.29, 1.82) is 0 Å². The molecule has 0 saturated carbocycles. The Morgan fingerprint density at radius 1 is 1.25 bits per heavy atom. The Bertz CT molecular complexity index is 992. The number of amides is 1. The molecule has 0 aromatic heterocycles. The number of carbonyl (C=O) groups is 1. The van der Waals surface area contributed by atoms with Crippen molar-refractivity contribution in [2.75, 3.05) is 26.8 Å². The number of methoxy groups -OCH3 is 1. The van der Waals surface area contributed by atoms with Gasteiger partial charge in [0.2, 0.25) is 5.91 Å². The molecule has 1 aliphatic carbocycles. The summed E-state index contributed by atoms with van der Waals surface area (Å²) in [6.45, 7) is 3.87. The van der Waals surface area contributed by atoms with E-state index in [0.29, 0.717) is 31.0 Å². The molecule has 32 heavy (non-hydrogen) atoms. The van der Waals surface area contributed by atoms with Crippen molar-refractivity contribution in [2.24, 2.45) is 5.41 Å². The zero-order valence-corrected chi connectivity index (χ0v) is 18.7. The highest BCUT2D eigenvalue weighted by molar-refractivity contribution is 5.77. The molecule has 1 amide bonds. The number of nitrogens with zero attached hydrogens (tertiary/aromatic N) is 1. The zero-order valence-electron chi connectivity index (χ0n) is 18.7. The van der Waals surface area contributed by atoms with Crippen molar-refractivity contribution in [3.8, 4) is 11.5 Å². The monoisotopic (exact) mass is 441 g/mol. The van der Waals surface area contributed by atoms with Gasteiger partial charge in [0.25, 0.3) is 0 Å². The molecule has 7 nitrogen and oxygen atoms in total. The summed E-state index contributed by atoms with van der Waals surface area (Å²) in [6, 6.07) is 13.4. The van der Waals surface area contributed by atoms with Crippen LogP contribution in [0.5, 0.6) is 11.5 Å². The Labute approximate surface area is 188 Å². The number of hydrogen-bond donors (Lipinski definition) is 3. The molecule has 1 heterocycles. The van der Waals surface area contributed by atoms with Crippen LogP contribution in [0.1, 0.15) is 42.6 Å². The van der Waals surface area contributed by atoms with E-state index in [4.69, 9.17) is 9.47 Å². The summed E-state index contributed by atoms with van der Waals surface area (Å²) in [5.74, 6) is 0.562. The third kappa shape index (κ3) is 3.85. The summed E-state index contributed by atoms with van der Waals surface area (Å²) in [7, 11) is 1.57. The van der Waals surface area contributed by atoms with Gasteiger partial charge in [-0.05, 0) is 35.7 Å². The molecular weight excluding hydrogens is 410 g/mol. The van der Waals surface area contributed by atoms with E-state index < -0.39 is 30.3 Å². The summed E-state index contributed by atoms with van der Waals surface area (Å²) in [6.07, 6.45) is -1.23. The predicted molar refractivity (Wildman–Crippen MR) is 119 cm³/mol. The number of carbonyl (C=O) groups excluding carboxylic acids is 1. The van der Waals surface area contributed by atoms with Crippen LogP contribution in [0.15, 0.2) is 42.5 Å². The molecular formula is C25H31NO6. The Hall–Kier alpha value is -2.61. The standard InChI is InChI=1S/C25H31NO6/c1-15(28)25(2)14-26(23(29)13-27)12-19(25)17-8-9-20(31-3)21(11-17)32-22-10-16-6-4-5-7-18(16)24(22)30/h4-9,11,15,19,22,24,27-28,30H,10,12-14H2,1-3H3. The first kappa shape index (κ1) is 22.6. The largest absolute Gasteiger partial charge is 0.493 e. The summed E-state index contributed by atoms with van der Waals surface area (Å²) < 4.78 is 11.8. The summed E-state index contributed by atoms with van der Waals surface area (Å²) >= 11 is 0. The van der Waals surface area contributed by atoms with Gasteiger partial charge >= 0.3 is 0 Å². The van der Waals surface area contributed by atoms with Crippen LogP contribution in [0.2, 0.25) is 0 Å². The molecule has 2 aromatic rings. The van der Waals surface area contributed by atoms with E-state index in [-0.39, 0.29) is 11.8 Å². The van der Waals surface area contributed by atoms with Crippen LogP contribution in [-0.4, -0.2) is 65.1 Å². The third-order valence-electron chi connectivity index (χ3n) is 7.19. The maximum atomic E-state index is 12.2. The normalized spacial score (nSPS) is 27.8. The minimum atomic E-state index is -0.730. The van der Waals surface area contributed by atoms with Crippen molar-refractivity contribution >= 4 is 5.91 Å². The molecule has 4 rings (SSSR count). The average molecular weight is 442 g/mol. The van der Waals surface area contributed by atoms with E-state index in [1.54, 1.807) is 18.9 Å². The minimum Gasteiger partial charge on any atom is -0.493 e. The Balaban J connectivity index is 1.64. The smallest absolute Gasteiger partial charge is 0.248 e. The lowest BCUT2D eigenvalue weighted by atomic mass is 9.72.